The van der Waals surface area contributed by atoms with Gasteiger partial charge in [0.25, 0.3) is 0 Å². The minimum atomic E-state index is 0.0829. The average Bonchev–Trinajstić information content (AvgIpc) is 3.35. The molecule has 0 atom stereocenters. The van der Waals surface area contributed by atoms with E-state index in [1.807, 2.05) is 29.6 Å². The van der Waals surface area contributed by atoms with Crippen LogP contribution in [0.1, 0.15) is 42.0 Å². The summed E-state index contributed by atoms with van der Waals surface area (Å²) in [5, 5.41) is 23.3. The molecular formula is C25H25ClN6OS2. The minimum absolute atomic E-state index is 0.0829. The van der Waals surface area contributed by atoms with E-state index in [-0.39, 0.29) is 18.3 Å². The number of nitrogen functional groups attached to an aromatic ring is 1. The first kappa shape index (κ1) is 25.4. The van der Waals surface area contributed by atoms with Gasteiger partial charge in [0.2, 0.25) is 5.69 Å². The van der Waals surface area contributed by atoms with Crippen molar-refractivity contribution in [2.75, 3.05) is 32.0 Å². The number of hydrogen-bond acceptors (Lipinski definition) is 8. The van der Waals surface area contributed by atoms with Crippen molar-refractivity contribution >= 4 is 46.2 Å². The summed E-state index contributed by atoms with van der Waals surface area (Å²) in [4.78, 5) is 15.1. The third-order valence-electron chi connectivity index (χ3n) is 6.05. The molecule has 1 aromatic carbocycles. The molecule has 1 fully saturated rings. The summed E-state index contributed by atoms with van der Waals surface area (Å²) >= 11 is 8.97. The van der Waals surface area contributed by atoms with Gasteiger partial charge in [-0.25, -0.2) is 14.8 Å². The van der Waals surface area contributed by atoms with Crippen LogP contribution in [0, 0.1) is 17.9 Å². The van der Waals surface area contributed by atoms with Gasteiger partial charge < -0.3 is 15.7 Å². The highest BCUT2D eigenvalue weighted by atomic mass is 35.5. The van der Waals surface area contributed by atoms with Crippen molar-refractivity contribution in [3.05, 3.63) is 62.9 Å². The number of nitriles is 1. The Kier molecular flexibility index (Phi) is 8.61. The van der Waals surface area contributed by atoms with Crippen LogP contribution in [0.25, 0.3) is 15.4 Å². The molecular weight excluding hydrogens is 500 g/mol. The standard InChI is InChI=1S/C25H25ClN6OS2/c1-29-22-21(16-7-10-32(11-8-16)9-2-12-33)20(13-27)25(31-23(22)28)35-15-19-14-34-24(30-19)17-3-5-18(26)6-4-17/h3-6,14,16,33H,2,7-12,15H2,(H2,28,31). The zero-order valence-electron chi connectivity index (χ0n) is 19.1. The second-order valence-electron chi connectivity index (χ2n) is 8.30. The number of aliphatic hydroxyl groups is 1. The van der Waals surface area contributed by atoms with Gasteiger partial charge >= 0.3 is 0 Å². The number of halogens is 1. The van der Waals surface area contributed by atoms with Crippen LogP contribution in [0.2, 0.25) is 5.02 Å². The smallest absolute Gasteiger partial charge is 0.232 e. The maximum Gasteiger partial charge on any atom is 0.232 e. The van der Waals surface area contributed by atoms with Crippen molar-refractivity contribution in [1.29, 1.82) is 5.26 Å². The van der Waals surface area contributed by atoms with E-state index in [1.54, 1.807) is 11.3 Å². The molecule has 35 heavy (non-hydrogen) atoms. The Morgan fingerprint density at radius 2 is 2.03 bits per heavy atom. The summed E-state index contributed by atoms with van der Waals surface area (Å²) in [5.74, 6) is 0.806. The van der Waals surface area contributed by atoms with Crippen molar-refractivity contribution in [2.24, 2.45) is 0 Å². The molecule has 0 radical (unpaired) electrons. The molecule has 180 valence electrons. The minimum Gasteiger partial charge on any atom is -0.396 e. The zero-order valence-corrected chi connectivity index (χ0v) is 21.5. The number of thiazole rings is 1. The largest absolute Gasteiger partial charge is 0.396 e. The predicted molar refractivity (Wildman–Crippen MR) is 142 cm³/mol. The van der Waals surface area contributed by atoms with Crippen LogP contribution < -0.4 is 5.73 Å². The van der Waals surface area contributed by atoms with Crippen molar-refractivity contribution in [3.63, 3.8) is 0 Å². The van der Waals surface area contributed by atoms with Gasteiger partial charge in [0.05, 0.1) is 17.8 Å². The fraction of sp³-hybridized carbons (Fsp3) is 0.360. The van der Waals surface area contributed by atoms with Gasteiger partial charge in [0, 0.05) is 34.9 Å². The van der Waals surface area contributed by atoms with Crippen LogP contribution in [-0.4, -0.2) is 46.2 Å². The van der Waals surface area contributed by atoms with Gasteiger partial charge in [0.1, 0.15) is 21.9 Å². The Balaban J connectivity index is 1.54. The molecule has 0 unspecified atom stereocenters. The maximum absolute atomic E-state index is 10.1. The van der Waals surface area contributed by atoms with E-state index in [2.05, 4.69) is 20.8 Å². The van der Waals surface area contributed by atoms with Gasteiger partial charge in [0.15, 0.2) is 0 Å². The topological polar surface area (TPSA) is 103 Å². The van der Waals surface area contributed by atoms with Crippen LogP contribution >= 0.6 is 34.7 Å². The molecule has 3 heterocycles. The number of rotatable bonds is 8. The van der Waals surface area contributed by atoms with E-state index < -0.39 is 0 Å². The molecule has 1 aliphatic heterocycles. The number of thioether (sulfide) groups is 1. The summed E-state index contributed by atoms with van der Waals surface area (Å²) in [5.41, 5.74) is 9.60. The molecule has 0 bridgehead atoms. The number of hydrogen-bond donors (Lipinski definition) is 2. The predicted octanol–water partition coefficient (Wildman–Crippen LogP) is 5.72. The van der Waals surface area contributed by atoms with Crippen LogP contribution in [0.4, 0.5) is 11.5 Å². The SMILES string of the molecule is [C-]#[N+]c1c(N)nc(SCc2csc(-c3ccc(Cl)cc3)n2)c(C#N)c1C1CCN(CCCO)CC1. The van der Waals surface area contributed by atoms with E-state index in [4.69, 9.17) is 34.0 Å². The molecule has 7 nitrogen and oxygen atoms in total. The maximum atomic E-state index is 10.1. The number of anilines is 1. The summed E-state index contributed by atoms with van der Waals surface area (Å²) in [7, 11) is 0. The van der Waals surface area contributed by atoms with E-state index >= 15 is 0 Å². The molecule has 1 saturated heterocycles. The van der Waals surface area contributed by atoms with Gasteiger partial charge in [-0.2, -0.15) is 5.26 Å². The molecule has 0 aliphatic carbocycles. The number of benzene rings is 1. The normalized spacial score (nSPS) is 14.5. The number of aromatic nitrogens is 2. The lowest BCUT2D eigenvalue weighted by Gasteiger charge is -2.33. The van der Waals surface area contributed by atoms with Crippen LogP contribution in [0.3, 0.4) is 0 Å². The molecule has 3 aromatic rings. The number of likely N-dealkylation sites (tertiary alicyclic amines) is 1. The second kappa shape index (κ2) is 11.9. The fourth-order valence-corrected chi connectivity index (χ4v) is 6.25. The quantitative estimate of drug-likeness (QED) is 0.287. The molecule has 3 N–H and O–H groups in total. The number of aliphatic hydroxyl groups excluding tert-OH is 1. The summed E-state index contributed by atoms with van der Waals surface area (Å²) < 4.78 is 0. The highest BCUT2D eigenvalue weighted by molar-refractivity contribution is 7.98. The summed E-state index contributed by atoms with van der Waals surface area (Å²) in [6.45, 7) is 10.5. The van der Waals surface area contributed by atoms with Crippen LogP contribution in [-0.2, 0) is 5.75 Å². The lowest BCUT2D eigenvalue weighted by atomic mass is 9.86. The Morgan fingerprint density at radius 1 is 1.29 bits per heavy atom. The molecule has 10 heteroatoms. The first-order chi connectivity index (χ1) is 17.0. The number of nitrogens with two attached hydrogens (primary N) is 1. The molecule has 4 rings (SSSR count). The van der Waals surface area contributed by atoms with E-state index in [9.17, 15) is 5.26 Å². The van der Waals surface area contributed by atoms with E-state index in [0.29, 0.717) is 27.1 Å². The first-order valence-electron chi connectivity index (χ1n) is 11.3. The lowest BCUT2D eigenvalue weighted by molar-refractivity contribution is 0.187. The number of nitrogens with zero attached hydrogens (tertiary/aromatic N) is 5. The van der Waals surface area contributed by atoms with Gasteiger partial charge in [-0.1, -0.05) is 35.5 Å². The average molecular weight is 525 g/mol. The Morgan fingerprint density at radius 3 is 2.69 bits per heavy atom. The van der Waals surface area contributed by atoms with Crippen LogP contribution in [0.15, 0.2) is 34.7 Å². The fourth-order valence-electron chi connectivity index (χ4n) is 4.30. The Labute approximate surface area is 218 Å². The van der Waals surface area contributed by atoms with E-state index in [1.165, 1.54) is 11.8 Å². The third kappa shape index (κ3) is 5.95. The Bertz CT molecular complexity index is 1260. The number of piperidine rings is 1. The summed E-state index contributed by atoms with van der Waals surface area (Å²) in [6.07, 6.45) is 2.43. The molecule has 0 spiro atoms. The molecule has 2 aromatic heterocycles. The third-order valence-corrected chi connectivity index (χ3v) is 8.26. The van der Waals surface area contributed by atoms with Gasteiger partial charge in [-0.05, 0) is 56.0 Å². The first-order valence-corrected chi connectivity index (χ1v) is 13.6. The van der Waals surface area contributed by atoms with Crippen molar-refractivity contribution < 1.29 is 5.11 Å². The highest BCUT2D eigenvalue weighted by Crippen LogP contribution is 2.43. The molecule has 0 saturated carbocycles. The van der Waals surface area contributed by atoms with Crippen molar-refractivity contribution in [1.82, 2.24) is 14.9 Å². The van der Waals surface area contributed by atoms with Crippen LogP contribution in [0.5, 0.6) is 0 Å². The van der Waals surface area contributed by atoms with Gasteiger partial charge in [-0.15, -0.1) is 11.3 Å². The monoisotopic (exact) mass is 524 g/mol. The van der Waals surface area contributed by atoms with Crippen molar-refractivity contribution in [3.8, 4) is 16.6 Å². The highest BCUT2D eigenvalue weighted by Gasteiger charge is 2.28. The number of pyridine rings is 1. The zero-order chi connectivity index (χ0) is 24.8. The Hall–Kier alpha value is -2.66. The molecule has 0 amide bonds. The summed E-state index contributed by atoms with van der Waals surface area (Å²) in [6, 6.07) is 9.90. The lowest BCUT2D eigenvalue weighted by Crippen LogP contribution is -2.34. The molecule has 1 aliphatic rings. The second-order valence-corrected chi connectivity index (χ2v) is 10.6. The van der Waals surface area contributed by atoms with E-state index in [0.717, 1.165) is 60.7 Å². The van der Waals surface area contributed by atoms with Crippen molar-refractivity contribution in [2.45, 2.75) is 36.0 Å². The van der Waals surface area contributed by atoms with Gasteiger partial charge in [-0.3, -0.25) is 0 Å².